The van der Waals surface area contributed by atoms with Gasteiger partial charge in [-0.2, -0.15) is 0 Å². The van der Waals surface area contributed by atoms with Gasteiger partial charge in [-0.1, -0.05) is 333 Å². The molecule has 0 saturated heterocycles. The first-order valence-corrected chi connectivity index (χ1v) is 38.4. The van der Waals surface area contributed by atoms with Crippen molar-refractivity contribution in [2.45, 2.75) is 380 Å². The van der Waals surface area contributed by atoms with E-state index in [0.29, 0.717) is 17.4 Å². The van der Waals surface area contributed by atoms with Crippen LogP contribution in [-0.4, -0.2) is 69.4 Å². The van der Waals surface area contributed by atoms with E-state index < -0.39 is 20.0 Å². The lowest BCUT2D eigenvalue weighted by atomic mass is 10.0. The minimum atomic E-state index is -4.71. The van der Waals surface area contributed by atoms with E-state index in [-0.39, 0.29) is 31.5 Å². The number of phosphoric acid groups is 1. The highest BCUT2D eigenvalue weighted by Crippen LogP contribution is 2.38. The zero-order valence-electron chi connectivity index (χ0n) is 57.3. The summed E-state index contributed by atoms with van der Waals surface area (Å²) in [5.41, 5.74) is 0. The highest BCUT2D eigenvalue weighted by molar-refractivity contribution is 7.45. The van der Waals surface area contributed by atoms with Crippen molar-refractivity contribution in [3.63, 3.8) is 0 Å². The molecule has 0 fully saturated rings. The van der Waals surface area contributed by atoms with E-state index in [1.165, 1.54) is 250 Å². The highest BCUT2D eigenvalue weighted by Gasteiger charge is 2.27. The van der Waals surface area contributed by atoms with Crippen LogP contribution in [0.1, 0.15) is 367 Å². The van der Waals surface area contributed by atoms with E-state index in [1.807, 2.05) is 33.3 Å². The summed E-state index contributed by atoms with van der Waals surface area (Å²) in [6.07, 6.45) is 82.4. The Morgan fingerprint density at radius 2 is 0.718 bits per heavy atom. The molecule has 0 rings (SSSR count). The number of phosphoric ester groups is 1. The van der Waals surface area contributed by atoms with Crippen molar-refractivity contribution in [2.75, 3.05) is 40.9 Å². The van der Waals surface area contributed by atoms with Crippen LogP contribution in [0.5, 0.6) is 0 Å². The van der Waals surface area contributed by atoms with E-state index in [4.69, 9.17) is 13.8 Å². The number of nitrogens with one attached hydrogen (secondary N) is 1. The first kappa shape index (κ1) is 83.0. The van der Waals surface area contributed by atoms with E-state index in [1.54, 1.807) is 0 Å². The van der Waals surface area contributed by atoms with Gasteiger partial charge in [0.1, 0.15) is 19.3 Å². The maximum atomic E-state index is 13.6. The molecule has 0 bridgehead atoms. The Morgan fingerprint density at radius 3 is 1.09 bits per heavy atom. The number of amides is 1. The average molecular weight is 1220 g/mol. The van der Waals surface area contributed by atoms with Crippen LogP contribution < -0.4 is 10.2 Å². The Hall–Kier alpha value is -2.03. The van der Waals surface area contributed by atoms with E-state index in [2.05, 4.69) is 62.5 Å². The molecule has 0 radical (unpaired) electrons. The summed E-state index contributed by atoms with van der Waals surface area (Å²) in [6.45, 7) is 6.87. The summed E-state index contributed by atoms with van der Waals surface area (Å²) >= 11 is 0. The lowest BCUT2D eigenvalue weighted by molar-refractivity contribution is -0.870. The molecule has 0 spiro atoms. The standard InChI is InChI=1S/C75H143N2O7P/c1-7-10-13-16-19-22-25-28-30-32-34-36-37-38-39-41-42-44-46-49-52-55-58-61-64-67-74(78)76-72(71-83-85(80,81)82-70-69-77(4,5)6)73(66-63-60-57-54-51-48-27-24-21-18-15-12-9-3)84-75(79)68-65-62-59-56-53-50-47-45-43-40-35-33-31-29-26-23-20-17-14-11-8-2/h20,23,29,31,35,40,63,66,72-73H,7-19,21-22,24-28,30,32-34,36-39,41-62,64-65,67-71H2,1-6H3,(H-,76,78,80,81)/b23-20-,31-29-,40-35-,66-63+. The Kier molecular flexibility index (Phi) is 63.4. The van der Waals surface area contributed by atoms with Crippen LogP contribution in [0.4, 0.5) is 0 Å². The van der Waals surface area contributed by atoms with E-state index in [0.717, 1.165) is 83.5 Å². The normalized spacial score (nSPS) is 13.7. The molecule has 0 heterocycles. The number of quaternary nitrogens is 1. The molecular weight excluding hydrogens is 1070 g/mol. The largest absolute Gasteiger partial charge is 0.756 e. The third-order valence-corrected chi connectivity index (χ3v) is 17.7. The smallest absolute Gasteiger partial charge is 0.306 e. The summed E-state index contributed by atoms with van der Waals surface area (Å²) < 4.78 is 30.5. The minimum absolute atomic E-state index is 0.0218. The van der Waals surface area contributed by atoms with Crippen LogP contribution in [0.25, 0.3) is 0 Å². The van der Waals surface area contributed by atoms with Gasteiger partial charge in [-0.05, 0) is 70.3 Å². The van der Waals surface area contributed by atoms with Crippen LogP contribution in [0.15, 0.2) is 48.6 Å². The molecule has 0 aliphatic carbocycles. The van der Waals surface area contributed by atoms with Gasteiger partial charge in [0.2, 0.25) is 5.91 Å². The molecule has 1 N–H and O–H groups in total. The Bertz CT molecular complexity index is 1590. The number of ether oxygens (including phenoxy) is 1. The number of allylic oxidation sites excluding steroid dienone is 7. The van der Waals surface area contributed by atoms with Crippen molar-refractivity contribution < 1.29 is 37.3 Å². The van der Waals surface area contributed by atoms with Gasteiger partial charge in [0.15, 0.2) is 0 Å². The van der Waals surface area contributed by atoms with Crippen molar-refractivity contribution in [1.29, 1.82) is 0 Å². The lowest BCUT2D eigenvalue weighted by Gasteiger charge is -2.30. The van der Waals surface area contributed by atoms with E-state index in [9.17, 15) is 19.0 Å². The maximum absolute atomic E-state index is 13.6. The fraction of sp³-hybridized carbons (Fsp3) is 0.867. The first-order valence-electron chi connectivity index (χ1n) is 36.9. The van der Waals surface area contributed by atoms with Crippen molar-refractivity contribution in [3.8, 4) is 0 Å². The van der Waals surface area contributed by atoms with Gasteiger partial charge in [0, 0.05) is 12.8 Å². The van der Waals surface area contributed by atoms with Gasteiger partial charge in [-0.25, -0.2) is 0 Å². The predicted octanol–water partition coefficient (Wildman–Crippen LogP) is 22.9. The molecule has 0 saturated carbocycles. The van der Waals surface area contributed by atoms with Crippen molar-refractivity contribution in [2.24, 2.45) is 0 Å². The van der Waals surface area contributed by atoms with Crippen molar-refractivity contribution in [3.05, 3.63) is 48.6 Å². The Morgan fingerprint density at radius 1 is 0.412 bits per heavy atom. The molecule has 3 unspecified atom stereocenters. The number of rotatable bonds is 68. The number of likely N-dealkylation sites (N-methyl/N-ethyl adjacent to an activating group) is 1. The molecule has 0 aliphatic heterocycles. The first-order chi connectivity index (χ1) is 41.4. The maximum Gasteiger partial charge on any atom is 0.306 e. The fourth-order valence-corrected chi connectivity index (χ4v) is 11.8. The van der Waals surface area contributed by atoms with Gasteiger partial charge in [0.25, 0.3) is 7.82 Å². The van der Waals surface area contributed by atoms with Gasteiger partial charge in [0.05, 0.1) is 33.8 Å². The Labute approximate surface area is 529 Å². The second-order valence-electron chi connectivity index (χ2n) is 26.5. The third kappa shape index (κ3) is 66.2. The number of carbonyl (C=O) groups excluding carboxylic acids is 2. The second kappa shape index (κ2) is 64.9. The van der Waals surface area contributed by atoms with Gasteiger partial charge in [-0.15, -0.1) is 0 Å². The molecule has 1 amide bonds. The molecule has 85 heavy (non-hydrogen) atoms. The molecule has 3 atom stereocenters. The third-order valence-electron chi connectivity index (χ3n) is 16.8. The molecule has 10 heteroatoms. The summed E-state index contributed by atoms with van der Waals surface area (Å²) in [4.78, 5) is 40.2. The number of unbranched alkanes of at least 4 members (excludes halogenated alkanes) is 46. The van der Waals surface area contributed by atoms with Gasteiger partial charge >= 0.3 is 5.97 Å². The van der Waals surface area contributed by atoms with Crippen LogP contribution >= 0.6 is 7.82 Å². The number of carbonyl (C=O) groups is 2. The van der Waals surface area contributed by atoms with Gasteiger partial charge < -0.3 is 28.5 Å². The summed E-state index contributed by atoms with van der Waals surface area (Å²) in [7, 11) is 1.20. The summed E-state index contributed by atoms with van der Waals surface area (Å²) in [5.74, 6) is -0.531. The highest BCUT2D eigenvalue weighted by atomic mass is 31.2. The molecule has 0 aromatic rings. The van der Waals surface area contributed by atoms with Crippen LogP contribution in [0.2, 0.25) is 0 Å². The lowest BCUT2D eigenvalue weighted by Crippen LogP contribution is -2.47. The molecule has 0 aromatic carbocycles. The van der Waals surface area contributed by atoms with Crippen molar-refractivity contribution in [1.82, 2.24) is 5.32 Å². The molecule has 500 valence electrons. The van der Waals surface area contributed by atoms with Crippen LogP contribution in [-0.2, 0) is 27.9 Å². The van der Waals surface area contributed by atoms with Crippen LogP contribution in [0, 0.1) is 0 Å². The van der Waals surface area contributed by atoms with Crippen LogP contribution in [0.3, 0.4) is 0 Å². The topological polar surface area (TPSA) is 114 Å². The predicted molar refractivity (Wildman–Crippen MR) is 367 cm³/mol. The molecule has 0 aliphatic rings. The minimum Gasteiger partial charge on any atom is -0.756 e. The number of nitrogens with zero attached hydrogens (tertiary/aromatic N) is 1. The quantitative estimate of drug-likeness (QED) is 0.0212. The number of hydrogen-bond acceptors (Lipinski definition) is 7. The summed E-state index contributed by atoms with van der Waals surface area (Å²) in [6, 6.07) is -0.891. The number of esters is 1. The zero-order chi connectivity index (χ0) is 62.1. The number of hydrogen-bond donors (Lipinski definition) is 1. The molecule has 9 nitrogen and oxygen atoms in total. The average Bonchev–Trinajstić information content (AvgIpc) is 3.48. The molecule has 0 aromatic heterocycles. The summed E-state index contributed by atoms with van der Waals surface area (Å²) in [5, 5.41) is 3.05. The zero-order valence-corrected chi connectivity index (χ0v) is 58.2. The molecular formula is C75H143N2O7P. The van der Waals surface area contributed by atoms with Gasteiger partial charge in [-0.3, -0.25) is 14.2 Å². The monoisotopic (exact) mass is 1220 g/mol. The second-order valence-corrected chi connectivity index (χ2v) is 27.9. The van der Waals surface area contributed by atoms with Crippen molar-refractivity contribution >= 4 is 19.7 Å². The Balaban J connectivity index is 5.05. The van der Waals surface area contributed by atoms with E-state index >= 15 is 0 Å². The fourth-order valence-electron chi connectivity index (χ4n) is 11.1. The SMILES string of the molecule is CCCCC/C=C\C/C=C\C/C=C\CCCCCCCCCCC(=O)OC(/C=C/CCCCCCCCCCCCC)C(COP(=O)([O-])OCC[N+](C)(C)C)NC(=O)CCCCCCCCCCCCCCCCCCCCCCCCCCC.